The van der Waals surface area contributed by atoms with Crippen LogP contribution in [0.25, 0.3) is 6.08 Å². The van der Waals surface area contributed by atoms with Gasteiger partial charge in [-0.25, -0.2) is 9.78 Å². The van der Waals surface area contributed by atoms with Crippen LogP contribution in [-0.4, -0.2) is 17.6 Å². The topological polar surface area (TPSA) is 89.0 Å². The van der Waals surface area contributed by atoms with Gasteiger partial charge in [0.15, 0.2) is 10.8 Å². The first-order valence-electron chi connectivity index (χ1n) is 4.66. The summed E-state index contributed by atoms with van der Waals surface area (Å²) in [6.45, 7) is 2.01. The molecule has 16 heavy (non-hydrogen) atoms. The Morgan fingerprint density at radius 3 is 3.12 bits per heavy atom. The Morgan fingerprint density at radius 2 is 2.50 bits per heavy atom. The summed E-state index contributed by atoms with van der Waals surface area (Å²) in [5.41, 5.74) is 5.73. The molecule has 0 atom stereocenters. The van der Waals surface area contributed by atoms with Gasteiger partial charge < -0.3 is 10.5 Å². The summed E-state index contributed by atoms with van der Waals surface area (Å²) >= 11 is 1.19. The molecule has 0 aliphatic carbocycles. The van der Waals surface area contributed by atoms with Crippen molar-refractivity contribution in [3.8, 4) is 6.07 Å². The molecule has 0 aliphatic rings. The van der Waals surface area contributed by atoms with E-state index in [4.69, 9.17) is 15.7 Å². The van der Waals surface area contributed by atoms with Crippen LogP contribution < -0.4 is 5.73 Å². The van der Waals surface area contributed by atoms with Crippen LogP contribution in [0.1, 0.15) is 28.7 Å². The van der Waals surface area contributed by atoms with Crippen LogP contribution in [0, 0.1) is 11.3 Å². The molecule has 0 radical (unpaired) electrons. The molecule has 1 rings (SSSR count). The molecule has 1 heterocycles. The van der Waals surface area contributed by atoms with E-state index in [1.54, 1.807) is 19.1 Å². The van der Waals surface area contributed by atoms with Gasteiger partial charge in [-0.3, -0.25) is 0 Å². The maximum atomic E-state index is 11.5. The highest BCUT2D eigenvalue weighted by molar-refractivity contribution is 7.16. The number of nitrogens with zero attached hydrogens (tertiary/aromatic N) is 2. The third kappa shape index (κ3) is 3.07. The second kappa shape index (κ2) is 5.88. The highest BCUT2D eigenvalue weighted by Crippen LogP contribution is 2.22. The minimum atomic E-state index is -0.493. The minimum absolute atomic E-state index is 0.207. The van der Waals surface area contributed by atoms with Gasteiger partial charge in [-0.1, -0.05) is 17.4 Å². The number of nitrogens with two attached hydrogens (primary N) is 1. The van der Waals surface area contributed by atoms with Crippen LogP contribution in [0.5, 0.6) is 0 Å². The summed E-state index contributed by atoms with van der Waals surface area (Å²) < 4.78 is 4.84. The van der Waals surface area contributed by atoms with Crippen molar-refractivity contribution >= 4 is 28.5 Å². The number of ether oxygens (including phenoxy) is 1. The van der Waals surface area contributed by atoms with Gasteiger partial charge in [0.2, 0.25) is 0 Å². The molecular formula is C10H11N3O2S. The Bertz CT molecular complexity index is 445. The number of aromatic nitrogens is 1. The maximum absolute atomic E-state index is 11.5. The summed E-state index contributed by atoms with van der Waals surface area (Å²) in [4.78, 5) is 16.0. The Balaban J connectivity index is 2.92. The van der Waals surface area contributed by atoms with Crippen molar-refractivity contribution in [2.75, 3.05) is 12.3 Å². The van der Waals surface area contributed by atoms with Crippen molar-refractivity contribution in [2.45, 2.75) is 13.3 Å². The Kier molecular flexibility index (Phi) is 4.48. The Labute approximate surface area is 97.2 Å². The molecule has 0 aliphatic heterocycles. The zero-order chi connectivity index (χ0) is 12.0. The number of nitriles is 1. The predicted octanol–water partition coefficient (Wildman–Crippen LogP) is 1.83. The number of anilines is 1. The van der Waals surface area contributed by atoms with Crippen LogP contribution in [0.3, 0.4) is 0 Å². The highest BCUT2D eigenvalue weighted by Gasteiger charge is 2.16. The highest BCUT2D eigenvalue weighted by atomic mass is 32.1. The largest absolute Gasteiger partial charge is 0.461 e. The van der Waals surface area contributed by atoms with E-state index in [2.05, 4.69) is 4.98 Å². The third-order valence-corrected chi connectivity index (χ3v) is 2.47. The first-order valence-corrected chi connectivity index (χ1v) is 5.47. The number of nitrogen functional groups attached to an aromatic ring is 1. The van der Waals surface area contributed by atoms with Crippen LogP contribution >= 0.6 is 11.3 Å². The third-order valence-electron chi connectivity index (χ3n) is 1.62. The molecule has 0 amide bonds. The molecule has 0 aromatic carbocycles. The molecule has 6 heteroatoms. The fraction of sp³-hybridized carbons (Fsp3) is 0.300. The number of carbonyl (C=O) groups is 1. The molecule has 0 unspecified atom stereocenters. The summed E-state index contributed by atoms with van der Waals surface area (Å²) in [6.07, 6.45) is 3.58. The van der Waals surface area contributed by atoms with Crippen molar-refractivity contribution in [3.05, 3.63) is 16.6 Å². The molecule has 0 bridgehead atoms. The van der Waals surface area contributed by atoms with E-state index in [1.165, 1.54) is 11.3 Å². The van der Waals surface area contributed by atoms with Crippen molar-refractivity contribution in [2.24, 2.45) is 0 Å². The van der Waals surface area contributed by atoms with Crippen molar-refractivity contribution in [1.29, 1.82) is 5.26 Å². The second-order valence-corrected chi connectivity index (χ2v) is 3.81. The number of carbonyl (C=O) groups excluding carboxylic acids is 1. The van der Waals surface area contributed by atoms with Crippen molar-refractivity contribution in [1.82, 2.24) is 4.98 Å². The zero-order valence-electron chi connectivity index (χ0n) is 8.77. The molecule has 1 aromatic rings. The zero-order valence-corrected chi connectivity index (χ0v) is 9.58. The Hall–Kier alpha value is -1.87. The first-order chi connectivity index (χ1) is 7.69. The van der Waals surface area contributed by atoms with Gasteiger partial charge in [0, 0.05) is 0 Å². The van der Waals surface area contributed by atoms with E-state index < -0.39 is 5.97 Å². The smallest absolute Gasteiger partial charge is 0.358 e. The lowest BCUT2D eigenvalue weighted by Crippen LogP contribution is -2.06. The van der Waals surface area contributed by atoms with E-state index >= 15 is 0 Å². The molecule has 2 N–H and O–H groups in total. The average molecular weight is 237 g/mol. The van der Waals surface area contributed by atoms with E-state index in [0.29, 0.717) is 10.0 Å². The second-order valence-electron chi connectivity index (χ2n) is 2.75. The van der Waals surface area contributed by atoms with Crippen LogP contribution in [0.2, 0.25) is 0 Å². The molecule has 1 aromatic heterocycles. The van der Waals surface area contributed by atoms with E-state index in [0.717, 1.165) is 0 Å². The molecule has 84 valence electrons. The number of thiazole rings is 1. The monoisotopic (exact) mass is 237 g/mol. The van der Waals surface area contributed by atoms with Crippen LogP contribution in [-0.2, 0) is 4.74 Å². The average Bonchev–Trinajstić information content (AvgIpc) is 2.61. The lowest BCUT2D eigenvalue weighted by molar-refractivity contribution is 0.0520. The molecule has 0 saturated heterocycles. The lowest BCUT2D eigenvalue weighted by Gasteiger charge is -1.98. The van der Waals surface area contributed by atoms with Crippen LogP contribution in [0.15, 0.2) is 6.08 Å². The number of esters is 1. The van der Waals surface area contributed by atoms with Gasteiger partial charge in [0.25, 0.3) is 0 Å². The summed E-state index contributed by atoms with van der Waals surface area (Å²) in [7, 11) is 0. The number of allylic oxidation sites excluding steroid dienone is 1. The normalized spacial score (nSPS) is 10.2. The quantitative estimate of drug-likeness (QED) is 0.807. The van der Waals surface area contributed by atoms with Crippen LogP contribution in [0.4, 0.5) is 5.13 Å². The molecule has 5 nitrogen and oxygen atoms in total. The van der Waals surface area contributed by atoms with Crippen molar-refractivity contribution in [3.63, 3.8) is 0 Å². The summed E-state index contributed by atoms with van der Waals surface area (Å²) in [6, 6.07) is 1.97. The van der Waals surface area contributed by atoms with Gasteiger partial charge in [0.05, 0.1) is 24.0 Å². The first kappa shape index (κ1) is 12.2. The predicted molar refractivity (Wildman–Crippen MR) is 61.7 cm³/mol. The molecule has 0 spiro atoms. The number of hydrogen-bond donors (Lipinski definition) is 1. The van der Waals surface area contributed by atoms with E-state index in [9.17, 15) is 4.79 Å². The fourth-order valence-corrected chi connectivity index (χ4v) is 1.78. The van der Waals surface area contributed by atoms with Gasteiger partial charge in [-0.05, 0) is 13.0 Å². The number of hydrogen-bond acceptors (Lipinski definition) is 6. The van der Waals surface area contributed by atoms with Gasteiger partial charge in [-0.2, -0.15) is 5.26 Å². The van der Waals surface area contributed by atoms with Gasteiger partial charge >= 0.3 is 5.97 Å². The fourth-order valence-electron chi connectivity index (χ4n) is 1.03. The van der Waals surface area contributed by atoms with Gasteiger partial charge in [0.1, 0.15) is 0 Å². The van der Waals surface area contributed by atoms with Crippen molar-refractivity contribution < 1.29 is 9.53 Å². The molecule has 0 saturated carbocycles. The molecule has 0 fully saturated rings. The minimum Gasteiger partial charge on any atom is -0.461 e. The standard InChI is InChI=1S/C10H11N3O2S/c1-2-15-9(14)8-7(5-3-4-6-11)16-10(12)13-8/h3,5H,2,4H2,1H3,(H2,12,13). The SMILES string of the molecule is CCOC(=O)c1nc(N)sc1C=CCC#N. The summed E-state index contributed by atoms with van der Waals surface area (Å²) in [5.74, 6) is -0.493. The Morgan fingerprint density at radius 1 is 1.75 bits per heavy atom. The maximum Gasteiger partial charge on any atom is 0.358 e. The summed E-state index contributed by atoms with van der Waals surface area (Å²) in [5, 5.41) is 8.69. The van der Waals surface area contributed by atoms with E-state index in [1.807, 2.05) is 6.07 Å². The number of rotatable bonds is 4. The van der Waals surface area contributed by atoms with E-state index in [-0.39, 0.29) is 18.7 Å². The van der Waals surface area contributed by atoms with Gasteiger partial charge in [-0.15, -0.1) is 0 Å². The lowest BCUT2D eigenvalue weighted by atomic mass is 10.3. The molecular weight excluding hydrogens is 226 g/mol.